The molecule has 1 atom stereocenters. The molecule has 1 heterocycles. The number of carbonyl (C=O) groups excluding carboxylic acids is 1. The van der Waals surface area contributed by atoms with E-state index < -0.39 is 23.2 Å². The van der Waals surface area contributed by atoms with Crippen LogP contribution < -0.4 is 0 Å². The smallest absolute Gasteiger partial charge is 0.410 e. The van der Waals surface area contributed by atoms with Gasteiger partial charge in [0.25, 0.3) is 5.09 Å². The number of ether oxygens (including phenoxy) is 1. The van der Waals surface area contributed by atoms with Crippen LogP contribution in [0, 0.1) is 10.1 Å². The number of carboxylic acids is 1. The molecule has 0 aromatic rings. The van der Waals surface area contributed by atoms with E-state index >= 15 is 0 Å². The van der Waals surface area contributed by atoms with Crippen LogP contribution in [0.1, 0.15) is 39.5 Å². The predicted octanol–water partition coefficient (Wildman–Crippen LogP) is 1.69. The van der Waals surface area contributed by atoms with E-state index in [1.54, 1.807) is 0 Å². The zero-order valence-electron chi connectivity index (χ0n) is 12.3. The molecule has 1 rings (SSSR count). The molecule has 1 aliphatic rings. The number of aliphatic carboxylic acids is 1. The van der Waals surface area contributed by atoms with E-state index in [0.717, 1.165) is 0 Å². The van der Waals surface area contributed by atoms with Crippen LogP contribution in [0.25, 0.3) is 0 Å². The monoisotopic (exact) mass is 306 g/mol. The van der Waals surface area contributed by atoms with Crippen LogP contribution in [0.5, 0.6) is 0 Å². The number of amides is 1. The number of hydrogen-bond donors (Lipinski definition) is 1. The summed E-state index contributed by atoms with van der Waals surface area (Å²) in [4.78, 5) is 37.6. The average molecular weight is 306 g/mol. The second kappa shape index (κ2) is 10.7. The van der Waals surface area contributed by atoms with E-state index in [9.17, 15) is 19.7 Å². The first-order valence-electron chi connectivity index (χ1n) is 6.96. The Hall–Kier alpha value is -2.06. The van der Waals surface area contributed by atoms with Gasteiger partial charge in [-0.3, -0.25) is 4.90 Å². The molecule has 0 aromatic carbocycles. The highest BCUT2D eigenvalue weighted by Gasteiger charge is 2.34. The summed E-state index contributed by atoms with van der Waals surface area (Å²) in [6.45, 7) is 4.41. The highest BCUT2D eigenvalue weighted by Crippen LogP contribution is 2.18. The highest BCUT2D eigenvalue weighted by molar-refractivity contribution is 5.80. The fourth-order valence-corrected chi connectivity index (χ4v) is 1.83. The van der Waals surface area contributed by atoms with Crippen molar-refractivity contribution in [2.24, 2.45) is 0 Å². The molecule has 1 N–H and O–H groups in total. The number of rotatable bonds is 7. The lowest BCUT2D eigenvalue weighted by molar-refractivity contribution is -0.757. The van der Waals surface area contributed by atoms with Crippen LogP contribution in [0.2, 0.25) is 0 Å². The molecule has 9 heteroatoms. The van der Waals surface area contributed by atoms with E-state index in [2.05, 4.69) is 4.84 Å². The van der Waals surface area contributed by atoms with Crippen LogP contribution in [-0.2, 0) is 14.4 Å². The maximum absolute atomic E-state index is 11.6. The van der Waals surface area contributed by atoms with Crippen LogP contribution in [-0.4, -0.2) is 53.0 Å². The zero-order chi connectivity index (χ0) is 16.3. The molecule has 0 radical (unpaired) electrons. The third kappa shape index (κ3) is 7.33. The number of unbranched alkanes of at least 4 members (excludes halogenated alkanes) is 1. The van der Waals surface area contributed by atoms with Gasteiger partial charge in [0.2, 0.25) is 0 Å². The van der Waals surface area contributed by atoms with E-state index in [1.165, 1.54) is 4.90 Å². The summed E-state index contributed by atoms with van der Waals surface area (Å²) >= 11 is 0. The molecular formula is C12H22N2O7. The molecule has 122 valence electrons. The van der Waals surface area contributed by atoms with Crippen LogP contribution in [0.3, 0.4) is 0 Å². The number of likely N-dealkylation sites (tertiary alicyclic amines) is 1. The predicted molar refractivity (Wildman–Crippen MR) is 72.2 cm³/mol. The fraction of sp³-hybridized carbons (Fsp3) is 0.833. The van der Waals surface area contributed by atoms with Gasteiger partial charge in [0, 0.05) is 6.54 Å². The molecule has 0 aliphatic carbocycles. The lowest BCUT2D eigenvalue weighted by atomic mass is 10.2. The van der Waals surface area contributed by atoms with Gasteiger partial charge in [-0.05, 0) is 25.7 Å². The second-order valence-electron chi connectivity index (χ2n) is 4.07. The van der Waals surface area contributed by atoms with Crippen molar-refractivity contribution < 1.29 is 29.4 Å². The van der Waals surface area contributed by atoms with Gasteiger partial charge in [-0.25, -0.2) is 9.59 Å². The molecule has 0 spiro atoms. The summed E-state index contributed by atoms with van der Waals surface area (Å²) < 4.78 is 4.91. The lowest BCUT2D eigenvalue weighted by Gasteiger charge is -2.20. The quantitative estimate of drug-likeness (QED) is 0.431. The number of carboxylic acid groups (broad SMARTS) is 1. The lowest BCUT2D eigenvalue weighted by Crippen LogP contribution is -2.40. The number of carbonyl (C=O) groups is 2. The van der Waals surface area contributed by atoms with Crippen molar-refractivity contribution in [1.29, 1.82) is 0 Å². The maximum atomic E-state index is 11.6. The Labute approximate surface area is 122 Å². The van der Waals surface area contributed by atoms with Gasteiger partial charge in [0.05, 0.1) is 13.2 Å². The van der Waals surface area contributed by atoms with Gasteiger partial charge in [-0.1, -0.05) is 13.8 Å². The van der Waals surface area contributed by atoms with Gasteiger partial charge < -0.3 is 14.7 Å². The highest BCUT2D eigenvalue weighted by atomic mass is 16.9. The summed E-state index contributed by atoms with van der Waals surface area (Å²) in [6.07, 6.45) is 1.23. The van der Waals surface area contributed by atoms with E-state index in [-0.39, 0.29) is 13.2 Å². The molecule has 1 amide bonds. The van der Waals surface area contributed by atoms with Gasteiger partial charge in [0.1, 0.15) is 6.04 Å². The molecular weight excluding hydrogens is 284 g/mol. The number of nitrogens with zero attached hydrogens (tertiary/aromatic N) is 2. The zero-order valence-corrected chi connectivity index (χ0v) is 12.3. The van der Waals surface area contributed by atoms with Gasteiger partial charge >= 0.3 is 12.1 Å². The first-order valence-corrected chi connectivity index (χ1v) is 6.96. The summed E-state index contributed by atoms with van der Waals surface area (Å²) in [5, 5.41) is 17.9. The molecule has 1 unspecified atom stereocenters. The largest absolute Gasteiger partial charge is 0.480 e. The maximum Gasteiger partial charge on any atom is 0.410 e. The summed E-state index contributed by atoms with van der Waals surface area (Å²) in [7, 11) is 0. The van der Waals surface area contributed by atoms with Crippen molar-refractivity contribution in [3.05, 3.63) is 10.1 Å². The number of hydrogen-bond acceptors (Lipinski definition) is 6. The Morgan fingerprint density at radius 2 is 1.95 bits per heavy atom. The van der Waals surface area contributed by atoms with Gasteiger partial charge in [-0.15, -0.1) is 10.1 Å². The Kier molecular flexibility index (Phi) is 9.65. The summed E-state index contributed by atoms with van der Waals surface area (Å²) in [6, 6.07) is -0.815. The standard InChI is InChI=1S/C10H16N2O7.C2H6/c13-9(14)8-4-3-5-11(8)10(15)18-6-1-2-7-19-12(16)17;1-2/h8H,1-7H2,(H,13,14);1-2H3. The van der Waals surface area contributed by atoms with E-state index in [4.69, 9.17) is 9.84 Å². The van der Waals surface area contributed by atoms with Crippen LogP contribution >= 0.6 is 0 Å². The van der Waals surface area contributed by atoms with Gasteiger partial charge in [0.15, 0.2) is 0 Å². The Balaban J connectivity index is 0.00000191. The topological polar surface area (TPSA) is 119 Å². The molecule has 1 aliphatic heterocycles. The molecule has 1 saturated heterocycles. The van der Waals surface area contributed by atoms with Gasteiger partial charge in [-0.2, -0.15) is 0 Å². The van der Waals surface area contributed by atoms with Crippen molar-refractivity contribution in [1.82, 2.24) is 4.90 Å². The van der Waals surface area contributed by atoms with E-state index in [0.29, 0.717) is 32.2 Å². The summed E-state index contributed by atoms with van der Waals surface area (Å²) in [5.74, 6) is -1.03. The molecule has 9 nitrogen and oxygen atoms in total. The van der Waals surface area contributed by atoms with Crippen LogP contribution in [0.15, 0.2) is 0 Å². The Morgan fingerprint density at radius 3 is 2.52 bits per heavy atom. The molecule has 0 saturated carbocycles. The van der Waals surface area contributed by atoms with Crippen LogP contribution in [0.4, 0.5) is 4.79 Å². The van der Waals surface area contributed by atoms with Crippen molar-refractivity contribution in [2.75, 3.05) is 19.8 Å². The normalized spacial score (nSPS) is 16.7. The first-order chi connectivity index (χ1) is 10.0. The first kappa shape index (κ1) is 18.9. The van der Waals surface area contributed by atoms with Crippen molar-refractivity contribution in [2.45, 2.75) is 45.6 Å². The van der Waals surface area contributed by atoms with Crippen molar-refractivity contribution >= 4 is 12.1 Å². The average Bonchev–Trinajstić information content (AvgIpc) is 2.94. The minimum atomic E-state index is -1.03. The minimum absolute atomic E-state index is 0.0496. The SMILES string of the molecule is CC.O=C(O)C1CCCN1C(=O)OCCCCO[N+](=O)[O-]. The second-order valence-corrected chi connectivity index (χ2v) is 4.07. The Morgan fingerprint density at radius 1 is 1.33 bits per heavy atom. The van der Waals surface area contributed by atoms with E-state index in [1.807, 2.05) is 13.8 Å². The molecule has 0 bridgehead atoms. The molecule has 0 aromatic heterocycles. The summed E-state index contributed by atoms with van der Waals surface area (Å²) in [5.41, 5.74) is 0. The Bertz CT molecular complexity index is 348. The fourth-order valence-electron chi connectivity index (χ4n) is 1.83. The van der Waals surface area contributed by atoms with Crippen molar-refractivity contribution in [3.8, 4) is 0 Å². The van der Waals surface area contributed by atoms with Crippen molar-refractivity contribution in [3.63, 3.8) is 0 Å². The third-order valence-electron chi connectivity index (χ3n) is 2.73. The molecule has 21 heavy (non-hydrogen) atoms. The molecule has 1 fully saturated rings. The third-order valence-corrected chi connectivity index (χ3v) is 2.73. The minimum Gasteiger partial charge on any atom is -0.480 e.